The average Bonchev–Trinajstić information content (AvgIpc) is 2.41. The van der Waals surface area contributed by atoms with E-state index in [2.05, 4.69) is 20.8 Å². The molecule has 3 atom stereocenters. The molecule has 0 aromatic heterocycles. The molecule has 1 saturated carbocycles. The van der Waals surface area contributed by atoms with Gasteiger partial charge in [0, 0.05) is 0 Å². The van der Waals surface area contributed by atoms with Crippen molar-refractivity contribution in [3.63, 3.8) is 0 Å². The van der Waals surface area contributed by atoms with Crippen molar-refractivity contribution in [1.29, 1.82) is 0 Å². The van der Waals surface area contributed by atoms with Crippen LogP contribution in [0.4, 0.5) is 0 Å². The van der Waals surface area contributed by atoms with Crippen molar-refractivity contribution in [3.05, 3.63) is 33.8 Å². The van der Waals surface area contributed by atoms with Gasteiger partial charge in [-0.15, -0.1) is 0 Å². The van der Waals surface area contributed by atoms with E-state index in [0.717, 1.165) is 12.8 Å². The molecule has 1 fully saturated rings. The highest BCUT2D eigenvalue weighted by Crippen LogP contribution is 2.36. The van der Waals surface area contributed by atoms with Gasteiger partial charge in [0.05, 0.1) is 15.6 Å². The van der Waals surface area contributed by atoms with Crippen LogP contribution >= 0.6 is 23.2 Å². The van der Waals surface area contributed by atoms with Gasteiger partial charge in [0.2, 0.25) is 0 Å². The third-order valence-electron chi connectivity index (χ3n) is 4.38. The molecule has 0 aliphatic heterocycles. The monoisotopic (exact) mass is 328 g/mol. The van der Waals surface area contributed by atoms with Crippen LogP contribution in [0.3, 0.4) is 0 Å². The largest absolute Gasteiger partial charge is 0.458 e. The van der Waals surface area contributed by atoms with E-state index in [0.29, 0.717) is 33.4 Å². The SMILES string of the molecule is CC(C)[C@@H]1CC[C@@H](C)C[C@@H]1OC(=O)c1ccc(Cl)c(Cl)c1. The minimum Gasteiger partial charge on any atom is -0.458 e. The number of carbonyl (C=O) groups is 1. The summed E-state index contributed by atoms with van der Waals surface area (Å²) in [5.74, 6) is 1.25. The van der Waals surface area contributed by atoms with Crippen molar-refractivity contribution in [2.45, 2.75) is 46.1 Å². The van der Waals surface area contributed by atoms with Gasteiger partial charge in [-0.2, -0.15) is 0 Å². The molecule has 0 amide bonds. The van der Waals surface area contributed by atoms with Crippen LogP contribution in [0, 0.1) is 17.8 Å². The van der Waals surface area contributed by atoms with Crippen molar-refractivity contribution >= 4 is 29.2 Å². The molecule has 0 bridgehead atoms. The van der Waals surface area contributed by atoms with Gasteiger partial charge in [-0.3, -0.25) is 0 Å². The standard InChI is InChI=1S/C17H22Cl2O2/c1-10(2)13-6-4-11(3)8-16(13)21-17(20)12-5-7-14(18)15(19)9-12/h5,7,9-11,13,16H,4,6,8H2,1-3H3/t11-,13+,16+/m1/s1. The first-order valence-electron chi connectivity index (χ1n) is 7.54. The molecule has 0 spiro atoms. The highest BCUT2D eigenvalue weighted by molar-refractivity contribution is 6.42. The predicted molar refractivity (Wildman–Crippen MR) is 87.0 cm³/mol. The maximum absolute atomic E-state index is 12.3. The summed E-state index contributed by atoms with van der Waals surface area (Å²) >= 11 is 11.8. The summed E-state index contributed by atoms with van der Waals surface area (Å²) in [4.78, 5) is 12.3. The fourth-order valence-corrected chi connectivity index (χ4v) is 3.38. The second-order valence-corrected chi connectivity index (χ2v) is 7.21. The van der Waals surface area contributed by atoms with Crippen LogP contribution in [0.15, 0.2) is 18.2 Å². The maximum atomic E-state index is 12.3. The normalized spacial score (nSPS) is 25.9. The summed E-state index contributed by atoms with van der Waals surface area (Å²) in [5, 5.41) is 0.822. The molecular weight excluding hydrogens is 307 g/mol. The highest BCUT2D eigenvalue weighted by Gasteiger charge is 2.33. The minimum absolute atomic E-state index is 0.00398. The van der Waals surface area contributed by atoms with Gasteiger partial charge < -0.3 is 4.74 Å². The molecule has 2 nitrogen and oxygen atoms in total. The van der Waals surface area contributed by atoms with Gasteiger partial charge in [0.15, 0.2) is 0 Å². The lowest BCUT2D eigenvalue weighted by atomic mass is 9.75. The smallest absolute Gasteiger partial charge is 0.338 e. The topological polar surface area (TPSA) is 26.3 Å². The van der Waals surface area contributed by atoms with E-state index in [1.165, 1.54) is 6.42 Å². The number of ether oxygens (including phenoxy) is 1. The molecule has 0 N–H and O–H groups in total. The van der Waals surface area contributed by atoms with E-state index in [1.807, 2.05) is 0 Å². The molecule has 0 unspecified atom stereocenters. The molecule has 116 valence electrons. The Kier molecular flexibility index (Phi) is 5.56. The van der Waals surface area contributed by atoms with Gasteiger partial charge in [0.25, 0.3) is 0 Å². The Balaban J connectivity index is 2.10. The van der Waals surface area contributed by atoms with Crippen LogP contribution in [-0.2, 0) is 4.74 Å². The molecule has 0 heterocycles. The second-order valence-electron chi connectivity index (χ2n) is 6.40. The lowest BCUT2D eigenvalue weighted by Gasteiger charge is -2.36. The number of carbonyl (C=O) groups excluding carboxylic acids is 1. The quantitative estimate of drug-likeness (QED) is 0.674. The Labute approximate surface area is 136 Å². The summed E-state index contributed by atoms with van der Waals surface area (Å²) in [6.45, 7) is 6.61. The minimum atomic E-state index is -0.307. The summed E-state index contributed by atoms with van der Waals surface area (Å²) in [6.07, 6.45) is 3.27. The van der Waals surface area contributed by atoms with E-state index in [4.69, 9.17) is 27.9 Å². The average molecular weight is 329 g/mol. The van der Waals surface area contributed by atoms with Crippen molar-refractivity contribution in [3.8, 4) is 0 Å². The van der Waals surface area contributed by atoms with E-state index in [9.17, 15) is 4.79 Å². The summed E-state index contributed by atoms with van der Waals surface area (Å²) in [5.41, 5.74) is 0.463. The Morgan fingerprint density at radius 1 is 1.24 bits per heavy atom. The van der Waals surface area contributed by atoms with Crippen molar-refractivity contribution in [1.82, 2.24) is 0 Å². The molecule has 2 rings (SSSR count). The Bertz CT molecular complexity index is 514. The third-order valence-corrected chi connectivity index (χ3v) is 5.11. The first-order valence-corrected chi connectivity index (χ1v) is 8.30. The first-order chi connectivity index (χ1) is 9.88. The van der Waals surface area contributed by atoms with Gasteiger partial charge in [0.1, 0.15) is 6.10 Å². The zero-order chi connectivity index (χ0) is 15.6. The molecular formula is C17H22Cl2O2. The fraction of sp³-hybridized carbons (Fsp3) is 0.588. The summed E-state index contributed by atoms with van der Waals surface area (Å²) < 4.78 is 5.78. The lowest BCUT2D eigenvalue weighted by Crippen LogP contribution is -2.35. The van der Waals surface area contributed by atoms with Gasteiger partial charge in [-0.05, 0) is 48.8 Å². The van der Waals surface area contributed by atoms with Crippen LogP contribution in [0.5, 0.6) is 0 Å². The number of hydrogen-bond acceptors (Lipinski definition) is 2. The van der Waals surface area contributed by atoms with Crippen LogP contribution in [-0.4, -0.2) is 12.1 Å². The second kappa shape index (κ2) is 7.02. The first kappa shape index (κ1) is 16.6. The number of halogens is 2. The number of benzene rings is 1. The van der Waals surface area contributed by atoms with Crippen LogP contribution in [0.1, 0.15) is 50.4 Å². The maximum Gasteiger partial charge on any atom is 0.338 e. The molecule has 0 radical (unpaired) electrons. The highest BCUT2D eigenvalue weighted by atomic mass is 35.5. The zero-order valence-corrected chi connectivity index (χ0v) is 14.2. The van der Waals surface area contributed by atoms with Crippen LogP contribution in [0.25, 0.3) is 0 Å². The Hall–Kier alpha value is -0.730. The molecule has 4 heteroatoms. The molecule has 1 aromatic carbocycles. The van der Waals surface area contributed by atoms with Crippen LogP contribution in [0.2, 0.25) is 10.0 Å². The summed E-state index contributed by atoms with van der Waals surface area (Å²) in [6, 6.07) is 4.86. The lowest BCUT2D eigenvalue weighted by molar-refractivity contribution is -0.0174. The van der Waals surface area contributed by atoms with E-state index >= 15 is 0 Å². The van der Waals surface area contributed by atoms with Crippen molar-refractivity contribution in [2.75, 3.05) is 0 Å². The number of hydrogen-bond donors (Lipinski definition) is 0. The number of rotatable bonds is 3. The van der Waals surface area contributed by atoms with Crippen molar-refractivity contribution < 1.29 is 9.53 Å². The predicted octanol–water partition coefficient (Wildman–Crippen LogP) is 5.61. The van der Waals surface area contributed by atoms with Gasteiger partial charge in [-0.25, -0.2) is 4.79 Å². The fourth-order valence-electron chi connectivity index (χ4n) is 3.08. The Morgan fingerprint density at radius 2 is 1.95 bits per heavy atom. The van der Waals surface area contributed by atoms with Crippen LogP contribution < -0.4 is 0 Å². The molecule has 1 aliphatic rings. The molecule has 1 aromatic rings. The third kappa shape index (κ3) is 4.14. The van der Waals surface area contributed by atoms with E-state index < -0.39 is 0 Å². The van der Waals surface area contributed by atoms with E-state index in [-0.39, 0.29) is 12.1 Å². The molecule has 0 saturated heterocycles. The summed E-state index contributed by atoms with van der Waals surface area (Å²) in [7, 11) is 0. The van der Waals surface area contributed by atoms with Gasteiger partial charge >= 0.3 is 5.97 Å². The molecule has 1 aliphatic carbocycles. The molecule has 21 heavy (non-hydrogen) atoms. The zero-order valence-electron chi connectivity index (χ0n) is 12.7. The Morgan fingerprint density at radius 3 is 2.57 bits per heavy atom. The van der Waals surface area contributed by atoms with Crippen molar-refractivity contribution in [2.24, 2.45) is 17.8 Å². The van der Waals surface area contributed by atoms with Gasteiger partial charge in [-0.1, -0.05) is 50.4 Å². The number of esters is 1. The van der Waals surface area contributed by atoms with E-state index in [1.54, 1.807) is 18.2 Å².